The highest BCUT2D eigenvalue weighted by Crippen LogP contribution is 2.62. The van der Waals surface area contributed by atoms with Crippen LogP contribution in [0.2, 0.25) is 0 Å². The third kappa shape index (κ3) is 1.55. The van der Waals surface area contributed by atoms with E-state index in [1.165, 1.54) is 16.2 Å². The summed E-state index contributed by atoms with van der Waals surface area (Å²) in [5.74, 6) is 0.757. The van der Waals surface area contributed by atoms with Gasteiger partial charge in [0.05, 0.1) is 0 Å². The normalized spacial score (nSPS) is 12.6. The zero-order valence-corrected chi connectivity index (χ0v) is 13.1. The van der Waals surface area contributed by atoms with Crippen LogP contribution in [0.25, 0.3) is 43.1 Å². The molecular weight excluding hydrogens is 312 g/mol. The van der Waals surface area contributed by atoms with Crippen LogP contribution in [0.1, 0.15) is 0 Å². The first kappa shape index (κ1) is 12.9. The molecule has 118 valence electrons. The van der Waals surface area contributed by atoms with Gasteiger partial charge in [-0.15, -0.1) is 0 Å². The predicted octanol–water partition coefficient (Wildman–Crippen LogP) is 5.82. The van der Waals surface area contributed by atoms with Crippen molar-refractivity contribution in [1.29, 1.82) is 0 Å². The van der Waals surface area contributed by atoms with Crippen LogP contribution >= 0.6 is 0 Å². The highest BCUT2D eigenvalue weighted by atomic mass is 16.6. The van der Waals surface area contributed by atoms with Crippen LogP contribution in [-0.2, 0) is 0 Å². The molecule has 3 heteroatoms. The lowest BCUT2D eigenvalue weighted by Crippen LogP contribution is -1.81. The summed E-state index contributed by atoms with van der Waals surface area (Å²) in [7, 11) is 0. The van der Waals surface area contributed by atoms with Gasteiger partial charge >= 0.3 is 0 Å². The maximum Gasteiger partial charge on any atom is 0.216 e. The third-order valence-corrected chi connectivity index (χ3v) is 5.17. The van der Waals surface area contributed by atoms with Gasteiger partial charge in [-0.2, -0.15) is 0 Å². The lowest BCUT2D eigenvalue weighted by Gasteiger charge is -2.09. The van der Waals surface area contributed by atoms with E-state index in [1.54, 1.807) is 0 Å². The lowest BCUT2D eigenvalue weighted by molar-refractivity contribution is 0.403. The lowest BCUT2D eigenvalue weighted by atomic mass is 9.95. The number of aromatic hydroxyl groups is 2. The summed E-state index contributed by atoms with van der Waals surface area (Å²) in [5, 5.41) is 28.6. The van der Waals surface area contributed by atoms with Crippen molar-refractivity contribution in [2.45, 2.75) is 0 Å². The van der Waals surface area contributed by atoms with Gasteiger partial charge in [0.15, 0.2) is 11.5 Å². The number of fused-ring (bicyclic) bond motifs is 8. The first-order valence-electron chi connectivity index (χ1n) is 8.16. The Labute approximate surface area is 142 Å². The Bertz CT molecular complexity index is 1380. The molecule has 5 aromatic carbocycles. The summed E-state index contributed by atoms with van der Waals surface area (Å²) in [6.07, 6.45) is 0. The van der Waals surface area contributed by atoms with Gasteiger partial charge in [-0.25, -0.2) is 0 Å². The summed E-state index contributed by atoms with van der Waals surface area (Å²) in [5.41, 5.74) is 0. The molecule has 0 unspecified atom stereocenters. The average Bonchev–Trinajstić information content (AvgIpc) is 3.44. The van der Waals surface area contributed by atoms with Gasteiger partial charge in [-0.05, 0) is 50.5 Å². The highest BCUT2D eigenvalue weighted by Gasteiger charge is 2.33. The fourth-order valence-electron chi connectivity index (χ4n) is 3.90. The van der Waals surface area contributed by atoms with Crippen molar-refractivity contribution in [2.24, 2.45) is 0 Å². The Balaban J connectivity index is 1.84. The number of rotatable bonds is 0. The number of benzene rings is 5. The van der Waals surface area contributed by atoms with Gasteiger partial charge in [0.25, 0.3) is 0 Å². The molecule has 0 radical (unpaired) electrons. The zero-order chi connectivity index (χ0) is 16.7. The van der Waals surface area contributed by atoms with Crippen molar-refractivity contribution < 1.29 is 14.9 Å². The minimum Gasteiger partial charge on any atom is -0.504 e. The van der Waals surface area contributed by atoms with Crippen molar-refractivity contribution in [1.82, 2.24) is 0 Å². The summed E-state index contributed by atoms with van der Waals surface area (Å²) in [4.78, 5) is 0. The molecule has 6 rings (SSSR count). The molecule has 1 heterocycles. The molecule has 0 atom stereocenters. The highest BCUT2D eigenvalue weighted by molar-refractivity contribution is 6.21. The molecule has 0 spiro atoms. The quantitative estimate of drug-likeness (QED) is 0.160. The predicted molar refractivity (Wildman–Crippen MR) is 99.9 cm³/mol. The van der Waals surface area contributed by atoms with E-state index in [-0.39, 0.29) is 11.5 Å². The van der Waals surface area contributed by atoms with Crippen LogP contribution in [0.3, 0.4) is 0 Å². The SMILES string of the molecule is Oc1c2c(c3c(ccc4cc5c(ccc6ccccc65)cc43)c1O)O2. The van der Waals surface area contributed by atoms with E-state index >= 15 is 0 Å². The standard InChI is InChI=1S/C22H12O3/c23-19-15-8-7-13-9-16-12(6-5-11-3-1-2-4-14(11)16)10-17(13)18(15)21-22(25-21)20(19)24/h1-10,23-24H. The largest absolute Gasteiger partial charge is 0.504 e. The number of phenols is 2. The van der Waals surface area contributed by atoms with Gasteiger partial charge in [-0.3, -0.25) is 0 Å². The third-order valence-electron chi connectivity index (χ3n) is 5.17. The summed E-state index contributed by atoms with van der Waals surface area (Å²) in [6, 6.07) is 20.7. The molecule has 0 bridgehead atoms. The molecule has 0 fully saturated rings. The van der Waals surface area contributed by atoms with Crippen molar-refractivity contribution in [3.8, 4) is 23.0 Å². The molecule has 0 saturated heterocycles. The van der Waals surface area contributed by atoms with E-state index < -0.39 is 0 Å². The average molecular weight is 324 g/mol. The maximum atomic E-state index is 10.3. The van der Waals surface area contributed by atoms with E-state index in [1.807, 2.05) is 18.2 Å². The smallest absolute Gasteiger partial charge is 0.216 e. The van der Waals surface area contributed by atoms with Gasteiger partial charge in [0, 0.05) is 10.8 Å². The van der Waals surface area contributed by atoms with E-state index in [0.717, 1.165) is 21.5 Å². The zero-order valence-electron chi connectivity index (χ0n) is 13.1. The van der Waals surface area contributed by atoms with Crippen LogP contribution in [0.5, 0.6) is 23.0 Å². The van der Waals surface area contributed by atoms with Crippen molar-refractivity contribution >= 4 is 43.1 Å². The monoisotopic (exact) mass is 324 g/mol. The van der Waals surface area contributed by atoms with Crippen LogP contribution in [0.15, 0.2) is 60.7 Å². The first-order chi connectivity index (χ1) is 12.2. The Morgan fingerprint density at radius 1 is 0.560 bits per heavy atom. The Morgan fingerprint density at radius 3 is 2.20 bits per heavy atom. The maximum absolute atomic E-state index is 10.3. The van der Waals surface area contributed by atoms with Crippen LogP contribution in [-0.4, -0.2) is 10.2 Å². The number of phenolic OH excluding ortho intramolecular Hbond substituents is 2. The molecule has 0 aliphatic carbocycles. The molecule has 25 heavy (non-hydrogen) atoms. The molecule has 0 aromatic heterocycles. The van der Waals surface area contributed by atoms with E-state index in [0.29, 0.717) is 16.9 Å². The minimum atomic E-state index is -0.173. The number of hydrogen-bond acceptors (Lipinski definition) is 3. The van der Waals surface area contributed by atoms with Crippen LogP contribution < -0.4 is 4.74 Å². The molecule has 1 aliphatic heterocycles. The van der Waals surface area contributed by atoms with E-state index in [2.05, 4.69) is 42.5 Å². The first-order valence-corrected chi connectivity index (χ1v) is 8.16. The van der Waals surface area contributed by atoms with E-state index in [9.17, 15) is 10.2 Å². The second-order valence-corrected chi connectivity index (χ2v) is 6.53. The second-order valence-electron chi connectivity index (χ2n) is 6.53. The molecule has 0 amide bonds. The molecule has 1 aliphatic rings. The number of ether oxygens (including phenoxy) is 1. The molecule has 2 N–H and O–H groups in total. The molecule has 0 saturated carbocycles. The summed E-state index contributed by atoms with van der Waals surface area (Å²) < 4.78 is 5.44. The fraction of sp³-hybridized carbons (Fsp3) is 0. The van der Waals surface area contributed by atoms with E-state index in [4.69, 9.17) is 4.74 Å². The summed E-state index contributed by atoms with van der Waals surface area (Å²) in [6.45, 7) is 0. The van der Waals surface area contributed by atoms with Gasteiger partial charge in [-0.1, -0.05) is 42.5 Å². The Kier molecular flexibility index (Phi) is 2.13. The fourth-order valence-corrected chi connectivity index (χ4v) is 3.90. The van der Waals surface area contributed by atoms with Crippen molar-refractivity contribution in [3.05, 3.63) is 60.7 Å². The second kappa shape index (κ2) is 4.14. The summed E-state index contributed by atoms with van der Waals surface area (Å²) >= 11 is 0. The van der Waals surface area contributed by atoms with Gasteiger partial charge < -0.3 is 14.9 Å². The number of hydrogen-bond donors (Lipinski definition) is 2. The Hall–Kier alpha value is -3.46. The molecule has 3 nitrogen and oxygen atoms in total. The van der Waals surface area contributed by atoms with Gasteiger partial charge in [0.1, 0.15) is 0 Å². The molecule has 5 aromatic rings. The topological polar surface area (TPSA) is 53.0 Å². The minimum absolute atomic E-state index is 0.119. The van der Waals surface area contributed by atoms with Crippen molar-refractivity contribution in [2.75, 3.05) is 0 Å². The van der Waals surface area contributed by atoms with Crippen molar-refractivity contribution in [3.63, 3.8) is 0 Å². The van der Waals surface area contributed by atoms with Crippen LogP contribution in [0.4, 0.5) is 0 Å². The molecular formula is C22H12O3. The van der Waals surface area contributed by atoms with Crippen LogP contribution in [0, 0.1) is 0 Å². The Morgan fingerprint density at radius 2 is 1.28 bits per heavy atom. The van der Waals surface area contributed by atoms with Gasteiger partial charge in [0.2, 0.25) is 11.5 Å².